The van der Waals surface area contributed by atoms with Crippen molar-refractivity contribution in [3.05, 3.63) is 107 Å². The monoisotopic (exact) mass is 484 g/mol. The molecule has 0 radical (unpaired) electrons. The molecule has 0 saturated carbocycles. The van der Waals surface area contributed by atoms with E-state index in [9.17, 15) is 9.18 Å². The van der Waals surface area contributed by atoms with Crippen molar-refractivity contribution in [1.29, 1.82) is 0 Å². The van der Waals surface area contributed by atoms with Crippen LogP contribution >= 0.6 is 0 Å². The molecule has 2 amide bonds. The number of nitrogens with zero attached hydrogens (tertiary/aromatic N) is 3. The number of hydrogen-bond donors (Lipinski definition) is 1. The lowest BCUT2D eigenvalue weighted by atomic mass is 9.94. The Hall–Kier alpha value is -4.46. The van der Waals surface area contributed by atoms with E-state index in [2.05, 4.69) is 15.5 Å². The molecule has 1 unspecified atom stereocenters. The highest BCUT2D eigenvalue weighted by molar-refractivity contribution is 5.86. The maximum atomic E-state index is 13.4. The normalized spacial score (nSPS) is 15.7. The SMILES string of the molecule is CCOc1ccc(C2NC(=O)N(Cc3ccc(F)cc3)C(C)=C2c2nc(-c3ccccc3)no2)cc1. The summed E-state index contributed by atoms with van der Waals surface area (Å²) in [6.45, 7) is 4.60. The smallest absolute Gasteiger partial charge is 0.322 e. The van der Waals surface area contributed by atoms with Gasteiger partial charge in [-0.15, -0.1) is 0 Å². The first kappa shape index (κ1) is 23.3. The fourth-order valence-corrected chi connectivity index (χ4v) is 4.23. The van der Waals surface area contributed by atoms with Gasteiger partial charge in [-0.2, -0.15) is 4.98 Å². The third kappa shape index (κ3) is 4.70. The van der Waals surface area contributed by atoms with Gasteiger partial charge in [-0.25, -0.2) is 9.18 Å². The third-order valence-electron chi connectivity index (χ3n) is 6.06. The molecule has 1 aliphatic heterocycles. The Kier molecular flexibility index (Phi) is 6.49. The molecule has 36 heavy (non-hydrogen) atoms. The maximum Gasteiger partial charge on any atom is 0.322 e. The number of carbonyl (C=O) groups excluding carboxylic acids is 1. The van der Waals surface area contributed by atoms with Crippen LogP contribution in [0.1, 0.15) is 36.9 Å². The molecule has 0 spiro atoms. The molecule has 3 aromatic carbocycles. The number of aromatic nitrogens is 2. The number of amides is 2. The summed E-state index contributed by atoms with van der Waals surface area (Å²) in [5.41, 5.74) is 3.83. The molecular weight excluding hydrogens is 459 g/mol. The van der Waals surface area contributed by atoms with E-state index >= 15 is 0 Å². The van der Waals surface area contributed by atoms with Crippen LogP contribution in [0.25, 0.3) is 17.0 Å². The minimum Gasteiger partial charge on any atom is -0.494 e. The van der Waals surface area contributed by atoms with E-state index in [1.165, 1.54) is 12.1 Å². The second kappa shape index (κ2) is 10.0. The summed E-state index contributed by atoms with van der Waals surface area (Å²) >= 11 is 0. The molecule has 1 N–H and O–H groups in total. The number of urea groups is 1. The van der Waals surface area contributed by atoms with Gasteiger partial charge in [-0.3, -0.25) is 4.90 Å². The van der Waals surface area contributed by atoms with E-state index in [0.717, 1.165) is 22.4 Å². The summed E-state index contributed by atoms with van der Waals surface area (Å²) in [5.74, 6) is 1.19. The van der Waals surface area contributed by atoms with Crippen molar-refractivity contribution in [3.8, 4) is 17.1 Å². The molecule has 5 rings (SSSR count). The van der Waals surface area contributed by atoms with Crippen molar-refractivity contribution in [2.24, 2.45) is 0 Å². The van der Waals surface area contributed by atoms with Crippen molar-refractivity contribution in [2.75, 3.05) is 6.61 Å². The predicted molar refractivity (Wildman–Crippen MR) is 133 cm³/mol. The Morgan fingerprint density at radius 3 is 2.44 bits per heavy atom. The van der Waals surface area contributed by atoms with E-state index < -0.39 is 6.04 Å². The first-order valence-corrected chi connectivity index (χ1v) is 11.7. The number of carbonyl (C=O) groups is 1. The van der Waals surface area contributed by atoms with Crippen molar-refractivity contribution < 1.29 is 18.4 Å². The van der Waals surface area contributed by atoms with E-state index in [4.69, 9.17) is 9.26 Å². The zero-order valence-electron chi connectivity index (χ0n) is 19.9. The average molecular weight is 485 g/mol. The minimum atomic E-state index is -0.512. The molecule has 4 aromatic rings. The third-order valence-corrected chi connectivity index (χ3v) is 6.06. The number of nitrogens with one attached hydrogen (secondary N) is 1. The van der Waals surface area contributed by atoms with Crippen molar-refractivity contribution >= 4 is 11.6 Å². The molecule has 1 aromatic heterocycles. The van der Waals surface area contributed by atoms with Crippen molar-refractivity contribution in [2.45, 2.75) is 26.4 Å². The number of benzene rings is 3. The summed E-state index contributed by atoms with van der Waals surface area (Å²) in [5, 5.41) is 7.27. The van der Waals surface area contributed by atoms with Crippen LogP contribution in [0, 0.1) is 5.82 Å². The largest absolute Gasteiger partial charge is 0.494 e. The lowest BCUT2D eigenvalue weighted by molar-refractivity contribution is 0.203. The highest BCUT2D eigenvalue weighted by Gasteiger charge is 2.35. The Balaban J connectivity index is 1.57. The lowest BCUT2D eigenvalue weighted by Gasteiger charge is -2.35. The van der Waals surface area contributed by atoms with Gasteiger partial charge in [-0.1, -0.05) is 59.8 Å². The van der Waals surface area contributed by atoms with Gasteiger partial charge < -0.3 is 14.6 Å². The molecule has 0 bridgehead atoms. The lowest BCUT2D eigenvalue weighted by Crippen LogP contribution is -2.45. The van der Waals surface area contributed by atoms with Gasteiger partial charge >= 0.3 is 6.03 Å². The van der Waals surface area contributed by atoms with Crippen LogP contribution in [0.15, 0.2) is 89.1 Å². The molecular formula is C28H25FN4O3. The topological polar surface area (TPSA) is 80.5 Å². The first-order chi connectivity index (χ1) is 17.5. The molecule has 1 atom stereocenters. The van der Waals surface area contributed by atoms with Gasteiger partial charge in [0.15, 0.2) is 0 Å². The quantitative estimate of drug-likeness (QED) is 0.349. The van der Waals surface area contributed by atoms with E-state index in [-0.39, 0.29) is 18.4 Å². The van der Waals surface area contributed by atoms with E-state index in [1.807, 2.05) is 68.4 Å². The Morgan fingerprint density at radius 1 is 1.03 bits per heavy atom. The minimum absolute atomic E-state index is 0.261. The summed E-state index contributed by atoms with van der Waals surface area (Å²) in [6, 6.07) is 22.4. The Bertz CT molecular complexity index is 1380. The van der Waals surface area contributed by atoms with Gasteiger partial charge in [-0.05, 0) is 49.2 Å². The van der Waals surface area contributed by atoms with Gasteiger partial charge in [0, 0.05) is 11.3 Å². The number of rotatable bonds is 7. The van der Waals surface area contributed by atoms with Crippen LogP contribution in [-0.2, 0) is 6.54 Å². The van der Waals surface area contributed by atoms with Crippen LogP contribution in [0.2, 0.25) is 0 Å². The van der Waals surface area contributed by atoms with Gasteiger partial charge in [0.1, 0.15) is 11.6 Å². The number of ether oxygens (including phenoxy) is 1. The van der Waals surface area contributed by atoms with Gasteiger partial charge in [0.25, 0.3) is 5.89 Å². The Morgan fingerprint density at radius 2 is 1.75 bits per heavy atom. The molecule has 2 heterocycles. The molecule has 0 saturated heterocycles. The summed E-state index contributed by atoms with van der Waals surface area (Å²) in [4.78, 5) is 19.5. The summed E-state index contributed by atoms with van der Waals surface area (Å²) in [7, 11) is 0. The van der Waals surface area contributed by atoms with Crippen LogP contribution in [0.4, 0.5) is 9.18 Å². The van der Waals surface area contributed by atoms with Crippen LogP contribution in [0.5, 0.6) is 5.75 Å². The highest BCUT2D eigenvalue weighted by Crippen LogP contribution is 2.38. The number of hydrogen-bond acceptors (Lipinski definition) is 5. The molecule has 1 aliphatic rings. The molecule has 182 valence electrons. The average Bonchev–Trinajstić information content (AvgIpc) is 3.38. The van der Waals surface area contributed by atoms with Crippen molar-refractivity contribution in [3.63, 3.8) is 0 Å². The maximum absolute atomic E-state index is 13.4. The zero-order chi connectivity index (χ0) is 25.1. The second-order valence-electron chi connectivity index (χ2n) is 8.39. The number of halogens is 1. The van der Waals surface area contributed by atoms with E-state index in [0.29, 0.717) is 29.6 Å². The fraction of sp³-hybridized carbons (Fsp3) is 0.179. The fourth-order valence-electron chi connectivity index (χ4n) is 4.23. The molecule has 8 heteroatoms. The van der Waals surface area contributed by atoms with Crippen LogP contribution < -0.4 is 10.1 Å². The summed E-state index contributed by atoms with van der Waals surface area (Å²) in [6.07, 6.45) is 0. The van der Waals surface area contributed by atoms with Gasteiger partial charge in [0.2, 0.25) is 5.82 Å². The summed E-state index contributed by atoms with van der Waals surface area (Å²) < 4.78 is 24.7. The van der Waals surface area contributed by atoms with E-state index in [1.54, 1.807) is 17.0 Å². The predicted octanol–water partition coefficient (Wildman–Crippen LogP) is 5.97. The molecule has 0 fully saturated rings. The zero-order valence-corrected chi connectivity index (χ0v) is 19.9. The first-order valence-electron chi connectivity index (χ1n) is 11.7. The number of allylic oxidation sites excluding steroid dienone is 1. The molecule has 0 aliphatic carbocycles. The highest BCUT2D eigenvalue weighted by atomic mass is 19.1. The van der Waals surface area contributed by atoms with Gasteiger partial charge in [0.05, 0.1) is 24.8 Å². The molecule has 7 nitrogen and oxygen atoms in total. The van der Waals surface area contributed by atoms with Crippen LogP contribution in [0.3, 0.4) is 0 Å². The van der Waals surface area contributed by atoms with Crippen molar-refractivity contribution in [1.82, 2.24) is 20.4 Å². The van der Waals surface area contributed by atoms with Crippen LogP contribution in [-0.4, -0.2) is 27.7 Å². The second-order valence-corrected chi connectivity index (χ2v) is 8.39. The standard InChI is InChI=1S/C28H25FN4O3/c1-3-35-23-15-11-20(12-16-23)25-24(27-31-26(32-36-27)21-7-5-4-6-8-21)18(2)33(28(34)30-25)17-19-9-13-22(29)14-10-19/h4-16,25H,3,17H2,1-2H3,(H,30,34). The Labute approximate surface area is 208 Å².